The summed E-state index contributed by atoms with van der Waals surface area (Å²) in [6.45, 7) is 4.90. The van der Waals surface area contributed by atoms with Crippen molar-refractivity contribution in [2.75, 3.05) is 6.54 Å². The zero-order valence-electron chi connectivity index (χ0n) is 10.9. The summed E-state index contributed by atoms with van der Waals surface area (Å²) in [7, 11) is 0. The van der Waals surface area contributed by atoms with Gasteiger partial charge in [0.05, 0.1) is 11.6 Å². The number of nitriles is 1. The van der Waals surface area contributed by atoms with Crippen molar-refractivity contribution in [2.24, 2.45) is 0 Å². The van der Waals surface area contributed by atoms with Gasteiger partial charge < -0.3 is 5.32 Å². The Morgan fingerprint density at radius 2 is 2.06 bits per heavy atom. The number of hydrogen-bond acceptors (Lipinski definition) is 3. The molecule has 0 aliphatic rings. The molecule has 0 radical (unpaired) electrons. The van der Waals surface area contributed by atoms with Gasteiger partial charge in [-0.3, -0.25) is 4.79 Å². The Morgan fingerprint density at radius 3 is 2.61 bits per heavy atom. The van der Waals surface area contributed by atoms with Crippen molar-refractivity contribution in [2.45, 2.75) is 26.7 Å². The van der Waals surface area contributed by atoms with E-state index in [2.05, 4.69) is 12.2 Å². The maximum absolute atomic E-state index is 11.9. The second kappa shape index (κ2) is 7.29. The topological polar surface area (TPSA) is 52.9 Å². The average Bonchev–Trinajstić information content (AvgIpc) is 2.39. The molecule has 94 valence electrons. The van der Waals surface area contributed by atoms with E-state index >= 15 is 0 Å². The van der Waals surface area contributed by atoms with E-state index in [1.807, 2.05) is 13.0 Å². The van der Waals surface area contributed by atoms with E-state index < -0.39 is 0 Å². The van der Waals surface area contributed by atoms with Crippen molar-refractivity contribution in [3.8, 4) is 6.07 Å². The predicted molar refractivity (Wildman–Crippen MR) is 72.2 cm³/mol. The van der Waals surface area contributed by atoms with E-state index in [1.54, 1.807) is 30.3 Å². The minimum atomic E-state index is -0.0408. The van der Waals surface area contributed by atoms with Gasteiger partial charge >= 0.3 is 0 Å². The summed E-state index contributed by atoms with van der Waals surface area (Å²) in [6.07, 6.45) is 3.82. The van der Waals surface area contributed by atoms with Crippen molar-refractivity contribution in [3.63, 3.8) is 0 Å². The largest absolute Gasteiger partial charge is 0.388 e. The quantitative estimate of drug-likeness (QED) is 0.474. The molecule has 3 nitrogen and oxygen atoms in total. The summed E-state index contributed by atoms with van der Waals surface area (Å²) >= 11 is 0. The number of carbonyl (C=O) groups excluding carboxylic acids is 1. The minimum Gasteiger partial charge on any atom is -0.388 e. The second-order valence-corrected chi connectivity index (χ2v) is 4.16. The summed E-state index contributed by atoms with van der Waals surface area (Å²) < 4.78 is 0. The van der Waals surface area contributed by atoms with Crippen LogP contribution >= 0.6 is 0 Å². The van der Waals surface area contributed by atoms with Gasteiger partial charge in [0.1, 0.15) is 0 Å². The Bertz CT molecular complexity index is 466. The normalized spacial score (nSPS) is 10.8. The lowest BCUT2D eigenvalue weighted by molar-refractivity contribution is 0.104. The highest BCUT2D eigenvalue weighted by Gasteiger charge is 2.03. The van der Waals surface area contributed by atoms with Crippen molar-refractivity contribution in [1.29, 1.82) is 5.26 Å². The third kappa shape index (κ3) is 4.42. The van der Waals surface area contributed by atoms with Gasteiger partial charge in [0, 0.05) is 23.9 Å². The molecular formula is C15H18N2O. The predicted octanol–water partition coefficient (Wildman–Crippen LogP) is 3.03. The third-order valence-electron chi connectivity index (χ3n) is 2.58. The van der Waals surface area contributed by atoms with Gasteiger partial charge in [-0.25, -0.2) is 0 Å². The first-order valence-electron chi connectivity index (χ1n) is 6.14. The maximum Gasteiger partial charge on any atom is 0.187 e. The number of ketones is 1. The van der Waals surface area contributed by atoms with Crippen molar-refractivity contribution in [1.82, 2.24) is 5.32 Å². The van der Waals surface area contributed by atoms with Crippen LogP contribution < -0.4 is 5.32 Å². The number of nitrogens with one attached hydrogen (secondary N) is 1. The molecule has 18 heavy (non-hydrogen) atoms. The molecule has 0 aliphatic heterocycles. The average molecular weight is 242 g/mol. The third-order valence-corrected chi connectivity index (χ3v) is 2.58. The summed E-state index contributed by atoms with van der Waals surface area (Å²) in [5.74, 6) is -0.0408. The van der Waals surface area contributed by atoms with Gasteiger partial charge in [-0.1, -0.05) is 13.3 Å². The van der Waals surface area contributed by atoms with Crippen LogP contribution in [-0.4, -0.2) is 12.3 Å². The zero-order valence-corrected chi connectivity index (χ0v) is 10.9. The highest BCUT2D eigenvalue weighted by atomic mass is 16.1. The molecule has 1 N–H and O–H groups in total. The molecule has 1 rings (SSSR count). The lowest BCUT2D eigenvalue weighted by Gasteiger charge is -2.05. The SMILES string of the molecule is CCCCN/C(C)=C\C(=O)c1ccc(C#N)cc1. The summed E-state index contributed by atoms with van der Waals surface area (Å²) in [5, 5.41) is 11.9. The first-order valence-corrected chi connectivity index (χ1v) is 6.14. The van der Waals surface area contributed by atoms with Gasteiger partial charge in [0.25, 0.3) is 0 Å². The molecule has 0 aliphatic carbocycles. The fraction of sp³-hybridized carbons (Fsp3) is 0.333. The van der Waals surface area contributed by atoms with Crippen molar-refractivity contribution in [3.05, 3.63) is 47.2 Å². The molecule has 0 saturated heterocycles. The molecule has 0 unspecified atom stereocenters. The van der Waals surface area contributed by atoms with Gasteiger partial charge in [-0.05, 0) is 37.6 Å². The van der Waals surface area contributed by atoms with Gasteiger partial charge in [-0.15, -0.1) is 0 Å². The minimum absolute atomic E-state index is 0.0408. The standard InChI is InChI=1S/C15H18N2O/c1-3-4-9-17-12(2)10-15(18)14-7-5-13(11-16)6-8-14/h5-8,10,17H,3-4,9H2,1-2H3/b12-10-. The Hall–Kier alpha value is -2.08. The first kappa shape index (κ1) is 14.0. The number of allylic oxidation sites excluding steroid dienone is 2. The fourth-order valence-corrected chi connectivity index (χ4v) is 1.50. The van der Waals surface area contributed by atoms with Crippen molar-refractivity contribution < 1.29 is 4.79 Å². The lowest BCUT2D eigenvalue weighted by Crippen LogP contribution is -2.13. The van der Waals surface area contributed by atoms with Crippen LogP contribution in [0.25, 0.3) is 0 Å². The Morgan fingerprint density at radius 1 is 1.39 bits per heavy atom. The maximum atomic E-state index is 11.9. The van der Waals surface area contributed by atoms with Crippen LogP contribution in [0.15, 0.2) is 36.0 Å². The number of hydrogen-bond donors (Lipinski definition) is 1. The first-order chi connectivity index (χ1) is 8.67. The van der Waals surface area contributed by atoms with E-state index in [1.165, 1.54) is 0 Å². The Balaban J connectivity index is 2.63. The van der Waals surface area contributed by atoms with Gasteiger partial charge in [0.2, 0.25) is 0 Å². The van der Waals surface area contributed by atoms with Crippen molar-refractivity contribution >= 4 is 5.78 Å². The van der Waals surface area contributed by atoms with E-state index in [0.29, 0.717) is 11.1 Å². The molecule has 1 aromatic carbocycles. The van der Waals surface area contributed by atoms with E-state index in [0.717, 1.165) is 25.1 Å². The van der Waals surface area contributed by atoms with Crippen LogP contribution in [0.5, 0.6) is 0 Å². The molecule has 3 heteroatoms. The molecule has 0 spiro atoms. The highest BCUT2D eigenvalue weighted by Crippen LogP contribution is 2.06. The van der Waals surface area contributed by atoms with Crippen LogP contribution in [0, 0.1) is 11.3 Å². The van der Waals surface area contributed by atoms with Crippen LogP contribution in [0.3, 0.4) is 0 Å². The highest BCUT2D eigenvalue weighted by molar-refractivity contribution is 6.04. The molecule has 0 heterocycles. The smallest absolute Gasteiger partial charge is 0.187 e. The number of benzene rings is 1. The monoisotopic (exact) mass is 242 g/mol. The molecular weight excluding hydrogens is 224 g/mol. The molecule has 0 fully saturated rings. The fourth-order valence-electron chi connectivity index (χ4n) is 1.50. The number of nitrogens with zero attached hydrogens (tertiary/aromatic N) is 1. The van der Waals surface area contributed by atoms with Crippen LogP contribution in [0.1, 0.15) is 42.6 Å². The van der Waals surface area contributed by atoms with Gasteiger partial charge in [-0.2, -0.15) is 5.26 Å². The zero-order chi connectivity index (χ0) is 13.4. The van der Waals surface area contributed by atoms with Crippen LogP contribution in [0.2, 0.25) is 0 Å². The van der Waals surface area contributed by atoms with E-state index in [-0.39, 0.29) is 5.78 Å². The summed E-state index contributed by atoms with van der Waals surface area (Å²) in [4.78, 5) is 11.9. The Labute approximate surface area is 108 Å². The van der Waals surface area contributed by atoms with Crippen LogP contribution in [0.4, 0.5) is 0 Å². The second-order valence-electron chi connectivity index (χ2n) is 4.16. The van der Waals surface area contributed by atoms with Gasteiger partial charge in [0.15, 0.2) is 5.78 Å². The summed E-state index contributed by atoms with van der Waals surface area (Å²) in [5.41, 5.74) is 2.04. The molecule has 0 saturated carbocycles. The molecule has 0 atom stereocenters. The van der Waals surface area contributed by atoms with Crippen LogP contribution in [-0.2, 0) is 0 Å². The summed E-state index contributed by atoms with van der Waals surface area (Å²) in [6, 6.07) is 8.69. The molecule has 0 bridgehead atoms. The molecule has 0 amide bonds. The lowest BCUT2D eigenvalue weighted by atomic mass is 10.1. The van der Waals surface area contributed by atoms with E-state index in [4.69, 9.17) is 5.26 Å². The molecule has 1 aromatic rings. The number of unbranched alkanes of at least 4 members (excludes halogenated alkanes) is 1. The van der Waals surface area contributed by atoms with E-state index in [9.17, 15) is 4.79 Å². The number of carbonyl (C=O) groups is 1. The number of rotatable bonds is 6. The Kier molecular flexibility index (Phi) is 5.66. The molecule has 0 aromatic heterocycles.